The van der Waals surface area contributed by atoms with E-state index in [2.05, 4.69) is 0 Å². The molecule has 0 radical (unpaired) electrons. The van der Waals surface area contributed by atoms with Crippen molar-refractivity contribution in [1.29, 1.82) is 0 Å². The average molecular weight is 375 g/mol. The van der Waals surface area contributed by atoms with Crippen molar-refractivity contribution in [2.45, 2.75) is 13.1 Å². The Morgan fingerprint density at radius 1 is 0.923 bits per heavy atom. The summed E-state index contributed by atoms with van der Waals surface area (Å²) in [6.07, 6.45) is 3.06. The fourth-order valence-corrected chi connectivity index (χ4v) is 2.71. The van der Waals surface area contributed by atoms with Gasteiger partial charge in [-0.2, -0.15) is 0 Å². The molecule has 1 aromatic heterocycles. The predicted octanol–water partition coefficient (Wildman–Crippen LogP) is 2.91. The Morgan fingerprint density at radius 3 is 2.00 bits per heavy atom. The summed E-state index contributed by atoms with van der Waals surface area (Å²) in [5, 5.41) is 0.600. The molecule has 26 heavy (non-hydrogen) atoms. The minimum atomic E-state index is -0.669. The van der Waals surface area contributed by atoms with Crippen molar-refractivity contribution in [3.05, 3.63) is 97.5 Å². The van der Waals surface area contributed by atoms with E-state index < -0.39 is 16.9 Å². The third kappa shape index (κ3) is 3.86. The van der Waals surface area contributed by atoms with Crippen molar-refractivity contribution in [3.63, 3.8) is 0 Å². The van der Waals surface area contributed by atoms with E-state index >= 15 is 0 Å². The lowest BCUT2D eigenvalue weighted by atomic mass is 10.2. The second-order valence-electron chi connectivity index (χ2n) is 5.76. The maximum atomic E-state index is 13.8. The van der Waals surface area contributed by atoms with E-state index in [-0.39, 0.29) is 18.8 Å². The second-order valence-corrected chi connectivity index (χ2v) is 6.20. The highest BCUT2D eigenvalue weighted by Crippen LogP contribution is 2.18. The van der Waals surface area contributed by atoms with Crippen LogP contribution < -0.4 is 15.9 Å². The average Bonchev–Trinajstić information content (AvgIpc) is 2.63. The van der Waals surface area contributed by atoms with Gasteiger partial charge in [0.25, 0.3) is 0 Å². The van der Waals surface area contributed by atoms with Crippen molar-refractivity contribution in [1.82, 2.24) is 9.13 Å². The molecule has 0 unspecified atom stereocenters. The van der Waals surface area contributed by atoms with Gasteiger partial charge in [0.05, 0.1) is 20.2 Å². The highest BCUT2D eigenvalue weighted by molar-refractivity contribution is 6.30. The van der Waals surface area contributed by atoms with Gasteiger partial charge in [0.2, 0.25) is 0 Å². The van der Waals surface area contributed by atoms with Crippen LogP contribution in [0.3, 0.4) is 0 Å². The minimum Gasteiger partial charge on any atom is -0.494 e. The number of methoxy groups -OCH3 is 1. The minimum absolute atomic E-state index is 0.0940. The zero-order valence-corrected chi connectivity index (χ0v) is 14.7. The molecule has 3 aromatic rings. The molecule has 0 aliphatic rings. The normalized spacial score (nSPS) is 10.7. The molecule has 0 atom stereocenters. The van der Waals surface area contributed by atoms with Crippen LogP contribution in [0.1, 0.15) is 11.1 Å². The Bertz CT molecular complexity index is 1040. The molecule has 3 rings (SSSR count). The molecule has 2 aromatic carbocycles. The van der Waals surface area contributed by atoms with E-state index in [4.69, 9.17) is 16.3 Å². The number of hydrogen-bond acceptors (Lipinski definition) is 3. The van der Waals surface area contributed by atoms with Crippen LogP contribution in [0.15, 0.2) is 64.4 Å². The van der Waals surface area contributed by atoms with Gasteiger partial charge in [0.15, 0.2) is 11.6 Å². The Balaban J connectivity index is 1.85. The molecule has 0 aliphatic heterocycles. The van der Waals surface area contributed by atoms with E-state index in [1.165, 1.54) is 40.8 Å². The van der Waals surface area contributed by atoms with Crippen LogP contribution in [0.25, 0.3) is 0 Å². The first kappa shape index (κ1) is 17.9. The van der Waals surface area contributed by atoms with Crippen LogP contribution in [-0.2, 0) is 13.1 Å². The lowest BCUT2D eigenvalue weighted by Crippen LogP contribution is -2.40. The summed E-state index contributed by atoms with van der Waals surface area (Å²) in [5.74, 6) is -0.395. The van der Waals surface area contributed by atoms with Crippen LogP contribution in [-0.4, -0.2) is 16.2 Å². The van der Waals surface area contributed by atoms with E-state index in [0.717, 1.165) is 5.56 Å². The first-order valence-corrected chi connectivity index (χ1v) is 8.22. The number of hydrogen-bond donors (Lipinski definition) is 0. The zero-order valence-electron chi connectivity index (χ0n) is 14.0. The number of ether oxygens (including phenoxy) is 1. The van der Waals surface area contributed by atoms with Crippen LogP contribution in [0.5, 0.6) is 5.75 Å². The van der Waals surface area contributed by atoms with E-state index in [0.29, 0.717) is 10.6 Å². The molecular formula is C19H16ClFN2O3. The fourth-order valence-electron chi connectivity index (χ4n) is 2.58. The van der Waals surface area contributed by atoms with E-state index in [1.807, 2.05) is 0 Å². The summed E-state index contributed by atoms with van der Waals surface area (Å²) in [7, 11) is 1.38. The molecule has 7 heteroatoms. The summed E-state index contributed by atoms with van der Waals surface area (Å²) < 4.78 is 21.2. The van der Waals surface area contributed by atoms with Crippen LogP contribution in [0.2, 0.25) is 5.02 Å². The van der Waals surface area contributed by atoms with Crippen molar-refractivity contribution in [2.24, 2.45) is 0 Å². The van der Waals surface area contributed by atoms with Crippen molar-refractivity contribution >= 4 is 11.6 Å². The largest absolute Gasteiger partial charge is 0.494 e. The SMILES string of the molecule is COc1ccc(Cn2ccn(Cc3ccc(Cl)cc3)c(=O)c2=O)cc1F. The molecule has 0 spiro atoms. The van der Waals surface area contributed by atoms with Gasteiger partial charge in [-0.15, -0.1) is 0 Å². The molecule has 0 saturated heterocycles. The fraction of sp³-hybridized carbons (Fsp3) is 0.158. The molecular weight excluding hydrogens is 359 g/mol. The molecule has 1 heterocycles. The van der Waals surface area contributed by atoms with Gasteiger partial charge < -0.3 is 13.9 Å². The van der Waals surface area contributed by atoms with E-state index in [1.54, 1.807) is 30.3 Å². The Labute approximate surface area is 153 Å². The van der Waals surface area contributed by atoms with Crippen molar-refractivity contribution in [3.8, 4) is 5.75 Å². The number of halogens is 2. The second kappa shape index (κ2) is 7.58. The molecule has 134 valence electrons. The molecule has 0 saturated carbocycles. The van der Waals surface area contributed by atoms with Crippen molar-refractivity contribution in [2.75, 3.05) is 7.11 Å². The lowest BCUT2D eigenvalue weighted by Gasteiger charge is -2.10. The van der Waals surface area contributed by atoms with Gasteiger partial charge in [-0.1, -0.05) is 29.8 Å². The zero-order chi connectivity index (χ0) is 18.7. The molecule has 0 amide bonds. The first-order valence-electron chi connectivity index (χ1n) is 7.84. The summed E-state index contributed by atoms with van der Waals surface area (Å²) in [6, 6.07) is 11.4. The number of rotatable bonds is 5. The molecule has 0 fully saturated rings. The first-order chi connectivity index (χ1) is 12.5. The van der Waals surface area contributed by atoms with Crippen LogP contribution in [0.4, 0.5) is 4.39 Å². The van der Waals surface area contributed by atoms with Gasteiger partial charge in [0.1, 0.15) is 0 Å². The summed E-state index contributed by atoms with van der Waals surface area (Å²) in [5.41, 5.74) is 0.0975. The Morgan fingerprint density at radius 2 is 1.46 bits per heavy atom. The maximum Gasteiger partial charge on any atom is 0.316 e. The molecule has 0 bridgehead atoms. The van der Waals surface area contributed by atoms with Gasteiger partial charge in [-0.25, -0.2) is 4.39 Å². The number of benzene rings is 2. The number of nitrogens with zero attached hydrogens (tertiary/aromatic N) is 2. The summed E-state index contributed by atoms with van der Waals surface area (Å²) in [6.45, 7) is 0.361. The van der Waals surface area contributed by atoms with Crippen molar-refractivity contribution < 1.29 is 9.13 Å². The molecule has 5 nitrogen and oxygen atoms in total. The number of aromatic nitrogens is 2. The molecule has 0 N–H and O–H groups in total. The van der Waals surface area contributed by atoms with Gasteiger partial charge in [-0.05, 0) is 35.4 Å². The lowest BCUT2D eigenvalue weighted by molar-refractivity contribution is 0.386. The topological polar surface area (TPSA) is 53.2 Å². The highest BCUT2D eigenvalue weighted by atomic mass is 35.5. The predicted molar refractivity (Wildman–Crippen MR) is 97.6 cm³/mol. The third-order valence-corrected chi connectivity index (χ3v) is 4.22. The standard InChI is InChI=1S/C19H16ClFN2O3/c1-26-17-7-4-14(10-16(17)21)12-23-9-8-22(18(24)19(23)25)11-13-2-5-15(20)6-3-13/h2-10H,11-12H2,1H3. The van der Waals surface area contributed by atoms with E-state index in [9.17, 15) is 14.0 Å². The Kier molecular flexibility index (Phi) is 5.23. The van der Waals surface area contributed by atoms with Crippen LogP contribution in [0, 0.1) is 5.82 Å². The van der Waals surface area contributed by atoms with Gasteiger partial charge in [0, 0.05) is 17.4 Å². The highest BCUT2D eigenvalue weighted by Gasteiger charge is 2.08. The smallest absolute Gasteiger partial charge is 0.316 e. The molecule has 0 aliphatic carbocycles. The Hall–Kier alpha value is -2.86. The summed E-state index contributed by atoms with van der Waals surface area (Å²) in [4.78, 5) is 24.7. The quantitative estimate of drug-likeness (QED) is 0.645. The van der Waals surface area contributed by atoms with Gasteiger partial charge in [-0.3, -0.25) is 9.59 Å². The van der Waals surface area contributed by atoms with Gasteiger partial charge >= 0.3 is 11.1 Å². The summed E-state index contributed by atoms with van der Waals surface area (Å²) >= 11 is 5.84. The van der Waals surface area contributed by atoms with Crippen LogP contribution >= 0.6 is 11.6 Å². The third-order valence-electron chi connectivity index (χ3n) is 3.97. The maximum absolute atomic E-state index is 13.8. The monoisotopic (exact) mass is 374 g/mol.